The van der Waals surface area contributed by atoms with E-state index in [4.69, 9.17) is 0 Å². The van der Waals surface area contributed by atoms with Gasteiger partial charge in [-0.2, -0.15) is 31.8 Å². The Balaban J connectivity index is 0.000000705. The van der Waals surface area contributed by atoms with Gasteiger partial charge in [-0.15, -0.1) is 0 Å². The van der Waals surface area contributed by atoms with Gasteiger partial charge in [-0.25, -0.2) is 0 Å². The maximum atomic E-state index is 12.4. The summed E-state index contributed by atoms with van der Waals surface area (Å²) in [5.74, 6) is 0. The highest BCUT2D eigenvalue weighted by Crippen LogP contribution is 2.45. The van der Waals surface area contributed by atoms with Crippen LogP contribution in [0, 0.1) is 0 Å². The second kappa shape index (κ2) is 7.03. The Kier molecular flexibility index (Phi) is 5.89. The summed E-state index contributed by atoms with van der Waals surface area (Å²) in [7, 11) is -3.56. The number of likely N-dealkylation sites (N-methyl/N-ethyl adjacent to an activating group) is 1. The third-order valence-electron chi connectivity index (χ3n) is 4.35. The summed E-state index contributed by atoms with van der Waals surface area (Å²) in [4.78, 5) is 1.93. The number of anilines is 2. The van der Waals surface area contributed by atoms with Gasteiger partial charge in [-0.1, -0.05) is 19.9 Å². The predicted molar refractivity (Wildman–Crippen MR) is 95.0 cm³/mol. The first-order valence-corrected chi connectivity index (χ1v) is 8.66. The molecule has 1 atom stereocenters. The highest BCUT2D eigenvalue weighted by molar-refractivity contribution is 7.93. The van der Waals surface area contributed by atoms with E-state index in [0.29, 0.717) is 0 Å². The molecule has 0 bridgehead atoms. The van der Waals surface area contributed by atoms with Crippen molar-refractivity contribution in [2.45, 2.75) is 37.7 Å². The van der Waals surface area contributed by atoms with Crippen LogP contribution in [-0.2, 0) is 15.4 Å². The van der Waals surface area contributed by atoms with Gasteiger partial charge in [0.05, 0.1) is 5.69 Å². The summed E-state index contributed by atoms with van der Waals surface area (Å²) >= 11 is 0. The van der Waals surface area contributed by atoms with Crippen LogP contribution in [-0.4, -0.2) is 40.5 Å². The predicted octanol–water partition coefficient (Wildman–Crippen LogP) is 3.37. The minimum atomic E-state index is -5.40. The Morgan fingerprint density at radius 1 is 1.24 bits per heavy atom. The van der Waals surface area contributed by atoms with Crippen molar-refractivity contribution in [1.82, 2.24) is 0 Å². The fraction of sp³-hybridized carbons (Fsp3) is 0.467. The highest BCUT2D eigenvalue weighted by atomic mass is 32.2. The average Bonchev–Trinajstić information content (AvgIpc) is 2.67. The first-order valence-electron chi connectivity index (χ1n) is 7.17. The standard InChI is InChI=1S/C13H17F3N2O2S.C2H4N2/c1-8-12(2,3)10-6-5-9(7-11(10)18(8)4)17-21(19,20)13(14,15)16;1-3-4-2/h5-8,17H,1-4H3;1-2H2. The first kappa shape index (κ1) is 20.9. The van der Waals surface area contributed by atoms with Crippen molar-refractivity contribution in [1.29, 1.82) is 0 Å². The Morgan fingerprint density at radius 2 is 1.76 bits per heavy atom. The smallest absolute Gasteiger partial charge is 0.371 e. The topological polar surface area (TPSA) is 74.1 Å². The van der Waals surface area contributed by atoms with E-state index in [-0.39, 0.29) is 17.1 Å². The van der Waals surface area contributed by atoms with Gasteiger partial charge >= 0.3 is 15.5 Å². The van der Waals surface area contributed by atoms with E-state index in [9.17, 15) is 21.6 Å². The van der Waals surface area contributed by atoms with Crippen LogP contribution in [0.4, 0.5) is 24.5 Å². The lowest BCUT2D eigenvalue weighted by Gasteiger charge is -2.28. The Labute approximate surface area is 145 Å². The zero-order valence-electron chi connectivity index (χ0n) is 14.4. The Morgan fingerprint density at radius 3 is 2.20 bits per heavy atom. The summed E-state index contributed by atoms with van der Waals surface area (Å²) in [6.45, 7) is 12.1. The Bertz CT molecular complexity index is 755. The quantitative estimate of drug-likeness (QED) is 0.647. The van der Waals surface area contributed by atoms with Gasteiger partial charge < -0.3 is 4.90 Å². The van der Waals surface area contributed by atoms with Gasteiger partial charge in [0.1, 0.15) is 0 Å². The molecule has 1 aromatic carbocycles. The molecule has 0 amide bonds. The molecule has 0 saturated carbocycles. The fourth-order valence-electron chi connectivity index (χ4n) is 2.56. The Hall–Kier alpha value is -2.10. The maximum Gasteiger partial charge on any atom is 0.516 e. The fourth-order valence-corrected chi connectivity index (χ4v) is 3.12. The van der Waals surface area contributed by atoms with Crippen molar-refractivity contribution in [3.63, 3.8) is 0 Å². The summed E-state index contributed by atoms with van der Waals surface area (Å²) in [5, 5.41) is 6.00. The summed E-state index contributed by atoms with van der Waals surface area (Å²) in [6.07, 6.45) is 0. The number of nitrogens with zero attached hydrogens (tertiary/aromatic N) is 3. The molecule has 140 valence electrons. The molecule has 0 radical (unpaired) electrons. The molecule has 0 aromatic heterocycles. The monoisotopic (exact) mass is 378 g/mol. The van der Waals surface area contributed by atoms with Crippen LogP contribution in [0.2, 0.25) is 0 Å². The lowest BCUT2D eigenvalue weighted by atomic mass is 9.81. The number of halogens is 3. The van der Waals surface area contributed by atoms with E-state index in [0.717, 1.165) is 11.3 Å². The molecule has 1 aliphatic rings. The number of benzene rings is 1. The van der Waals surface area contributed by atoms with Gasteiger partial charge in [-0.05, 0) is 24.6 Å². The van der Waals surface area contributed by atoms with Crippen molar-refractivity contribution in [2.24, 2.45) is 10.2 Å². The summed E-state index contributed by atoms with van der Waals surface area (Å²) in [6, 6.07) is 4.62. The second-order valence-corrected chi connectivity index (χ2v) is 7.75. The lowest BCUT2D eigenvalue weighted by molar-refractivity contribution is -0.0429. The van der Waals surface area contributed by atoms with Crippen LogP contribution >= 0.6 is 0 Å². The lowest BCUT2D eigenvalue weighted by Crippen LogP contribution is -2.36. The minimum absolute atomic E-state index is 0.0946. The van der Waals surface area contributed by atoms with E-state index in [2.05, 4.69) is 23.6 Å². The third kappa shape index (κ3) is 4.12. The van der Waals surface area contributed by atoms with Crippen molar-refractivity contribution in [3.8, 4) is 0 Å². The van der Waals surface area contributed by atoms with Crippen LogP contribution in [0.25, 0.3) is 0 Å². The van der Waals surface area contributed by atoms with Crippen molar-refractivity contribution >= 4 is 34.8 Å². The highest BCUT2D eigenvalue weighted by Gasteiger charge is 2.46. The van der Waals surface area contributed by atoms with Crippen molar-refractivity contribution < 1.29 is 21.6 Å². The molecule has 1 aliphatic heterocycles. The zero-order chi connectivity index (χ0) is 19.6. The third-order valence-corrected chi connectivity index (χ3v) is 5.47. The van der Waals surface area contributed by atoms with E-state index in [1.54, 1.807) is 10.8 Å². The number of fused-ring (bicyclic) bond motifs is 1. The maximum absolute atomic E-state index is 12.4. The van der Waals surface area contributed by atoms with Crippen LogP contribution < -0.4 is 9.62 Å². The molecule has 0 spiro atoms. The van der Waals surface area contributed by atoms with Crippen LogP contribution in [0.5, 0.6) is 0 Å². The van der Waals surface area contributed by atoms with Crippen molar-refractivity contribution in [2.75, 3.05) is 16.7 Å². The van der Waals surface area contributed by atoms with Gasteiger partial charge in [0.2, 0.25) is 0 Å². The summed E-state index contributed by atoms with van der Waals surface area (Å²) < 4.78 is 61.0. The van der Waals surface area contributed by atoms with Gasteiger partial charge in [0.15, 0.2) is 0 Å². The van der Waals surface area contributed by atoms with Gasteiger partial charge in [0, 0.05) is 37.6 Å². The average molecular weight is 378 g/mol. The molecular formula is C15H21F3N4O2S. The SMILES string of the molecule is C=NN=C.CC1N(C)c2cc(NS(=O)(=O)C(F)(F)F)ccc2C1(C)C. The van der Waals surface area contributed by atoms with Crippen LogP contribution in [0.3, 0.4) is 0 Å². The molecule has 0 fully saturated rings. The van der Waals surface area contributed by atoms with E-state index < -0.39 is 15.5 Å². The van der Waals surface area contributed by atoms with E-state index in [1.807, 2.05) is 32.7 Å². The molecule has 1 unspecified atom stereocenters. The number of sulfonamides is 1. The van der Waals surface area contributed by atoms with Crippen LogP contribution in [0.1, 0.15) is 26.3 Å². The molecule has 1 heterocycles. The number of rotatable bonds is 3. The number of nitrogens with one attached hydrogen (secondary N) is 1. The molecular weight excluding hydrogens is 357 g/mol. The number of alkyl halides is 3. The molecule has 0 saturated heterocycles. The van der Waals surface area contributed by atoms with Crippen LogP contribution in [0.15, 0.2) is 28.4 Å². The molecule has 0 aliphatic carbocycles. The second-order valence-electron chi connectivity index (χ2n) is 6.07. The van der Waals surface area contributed by atoms with Gasteiger partial charge in [0.25, 0.3) is 0 Å². The van der Waals surface area contributed by atoms with E-state index >= 15 is 0 Å². The molecule has 6 nitrogen and oxygen atoms in total. The summed E-state index contributed by atoms with van der Waals surface area (Å²) in [5.41, 5.74) is -3.87. The zero-order valence-corrected chi connectivity index (χ0v) is 15.2. The molecule has 2 rings (SSSR count). The van der Waals surface area contributed by atoms with Gasteiger partial charge in [-0.3, -0.25) is 4.72 Å². The molecule has 1 N–H and O–H groups in total. The van der Waals surface area contributed by atoms with Crippen molar-refractivity contribution in [3.05, 3.63) is 23.8 Å². The molecule has 10 heteroatoms. The molecule has 25 heavy (non-hydrogen) atoms. The number of hydrogen-bond acceptors (Lipinski definition) is 5. The normalized spacial score (nSPS) is 18.7. The first-order chi connectivity index (χ1) is 11.3. The van der Waals surface area contributed by atoms with E-state index in [1.165, 1.54) is 12.1 Å². The molecule has 1 aromatic rings. The largest absolute Gasteiger partial charge is 0.516 e. The number of hydrogen-bond donors (Lipinski definition) is 1. The minimum Gasteiger partial charge on any atom is -0.371 e.